The van der Waals surface area contributed by atoms with Crippen molar-refractivity contribution in [2.45, 2.75) is 6.92 Å². The Hall–Kier alpha value is -1.59. The maximum absolute atomic E-state index is 10.9. The summed E-state index contributed by atoms with van der Waals surface area (Å²) in [6.45, 7) is 1.78. The molecule has 0 spiro atoms. The van der Waals surface area contributed by atoms with E-state index in [1.807, 2.05) is 0 Å². The van der Waals surface area contributed by atoms with Gasteiger partial charge in [0.05, 0.1) is 12.8 Å². The first-order valence-electron chi connectivity index (χ1n) is 4.00. The number of carbonyl (C=O) groups is 1. The molecule has 1 aromatic carbocycles. The normalized spacial score (nSPS) is 9.93. The Kier molecular flexibility index (Phi) is 3.06. The highest BCUT2D eigenvalue weighted by molar-refractivity contribution is 5.93. The van der Waals surface area contributed by atoms with E-state index in [-0.39, 0.29) is 0 Å². The third-order valence-corrected chi connectivity index (χ3v) is 1.87. The van der Waals surface area contributed by atoms with Gasteiger partial charge in [0, 0.05) is 5.56 Å². The largest absolute Gasteiger partial charge is 0.366 e. The molecule has 0 aromatic heterocycles. The zero-order valence-electron chi connectivity index (χ0n) is 8.02. The van der Waals surface area contributed by atoms with Gasteiger partial charge in [-0.05, 0) is 24.6 Å². The zero-order valence-corrected chi connectivity index (χ0v) is 8.02. The summed E-state index contributed by atoms with van der Waals surface area (Å²) in [5.74, 6) is -0.546. The highest BCUT2D eigenvalue weighted by atomic mass is 16.9. The number of hydrogen-bond donors (Lipinski definition) is 2. The van der Waals surface area contributed by atoms with Gasteiger partial charge in [-0.2, -0.15) is 0 Å². The van der Waals surface area contributed by atoms with Crippen molar-refractivity contribution >= 4 is 11.6 Å². The number of aryl methyl sites for hydroxylation is 1. The summed E-state index contributed by atoms with van der Waals surface area (Å²) in [7, 11) is 1.32. The van der Waals surface area contributed by atoms with Crippen LogP contribution in [0.1, 0.15) is 15.9 Å². The first-order chi connectivity index (χ1) is 6.56. The van der Waals surface area contributed by atoms with E-state index in [1.165, 1.54) is 13.2 Å². The molecule has 0 fully saturated rings. The molecule has 14 heavy (non-hydrogen) atoms. The van der Waals surface area contributed by atoms with E-state index in [9.17, 15) is 10.0 Å². The molecule has 0 aliphatic rings. The SMILES string of the molecule is CON(O)c1cc(C(N)=O)ccc1C. The quantitative estimate of drug-likeness (QED) is 0.703. The second kappa shape index (κ2) is 4.08. The molecular weight excluding hydrogens is 184 g/mol. The maximum Gasteiger partial charge on any atom is 0.248 e. The molecule has 5 nitrogen and oxygen atoms in total. The fourth-order valence-electron chi connectivity index (χ4n) is 1.07. The lowest BCUT2D eigenvalue weighted by Gasteiger charge is -2.15. The van der Waals surface area contributed by atoms with Crippen molar-refractivity contribution in [2.75, 3.05) is 12.3 Å². The number of nitrogens with two attached hydrogens (primary N) is 1. The van der Waals surface area contributed by atoms with Crippen LogP contribution in [0, 0.1) is 6.92 Å². The lowest BCUT2D eigenvalue weighted by molar-refractivity contribution is -0.0112. The highest BCUT2D eigenvalue weighted by Gasteiger charge is 2.09. The summed E-state index contributed by atoms with van der Waals surface area (Å²) in [6, 6.07) is 4.73. The van der Waals surface area contributed by atoms with Gasteiger partial charge in [0.1, 0.15) is 0 Å². The third kappa shape index (κ3) is 2.01. The van der Waals surface area contributed by atoms with E-state index >= 15 is 0 Å². The van der Waals surface area contributed by atoms with E-state index in [0.717, 1.165) is 5.56 Å². The number of primary amides is 1. The van der Waals surface area contributed by atoms with E-state index in [4.69, 9.17) is 5.73 Å². The molecule has 1 aromatic rings. The van der Waals surface area contributed by atoms with Crippen LogP contribution in [0.5, 0.6) is 0 Å². The van der Waals surface area contributed by atoms with E-state index in [2.05, 4.69) is 4.84 Å². The van der Waals surface area contributed by atoms with Crippen molar-refractivity contribution in [2.24, 2.45) is 5.73 Å². The lowest BCUT2D eigenvalue weighted by Crippen LogP contribution is -2.18. The van der Waals surface area contributed by atoms with Crippen molar-refractivity contribution < 1.29 is 14.8 Å². The standard InChI is InChI=1S/C9H12N2O3/c1-6-3-4-7(9(10)12)5-8(6)11(13)14-2/h3-5,13H,1-2H3,(H2,10,12). The number of rotatable bonds is 3. The Labute approximate surface area is 81.6 Å². The van der Waals surface area contributed by atoms with Gasteiger partial charge >= 0.3 is 0 Å². The molecule has 3 N–H and O–H groups in total. The monoisotopic (exact) mass is 196 g/mol. The number of benzene rings is 1. The molecule has 0 aliphatic heterocycles. The highest BCUT2D eigenvalue weighted by Crippen LogP contribution is 2.20. The number of nitrogens with zero attached hydrogens (tertiary/aromatic N) is 1. The third-order valence-electron chi connectivity index (χ3n) is 1.87. The van der Waals surface area contributed by atoms with Crippen LogP contribution in [-0.2, 0) is 4.84 Å². The average Bonchev–Trinajstić information content (AvgIpc) is 2.17. The van der Waals surface area contributed by atoms with Gasteiger partial charge < -0.3 is 5.73 Å². The van der Waals surface area contributed by atoms with E-state index < -0.39 is 5.91 Å². The van der Waals surface area contributed by atoms with Gasteiger partial charge in [-0.3, -0.25) is 14.8 Å². The van der Waals surface area contributed by atoms with Crippen LogP contribution in [0.3, 0.4) is 0 Å². The fourth-order valence-corrected chi connectivity index (χ4v) is 1.07. The molecule has 0 atom stereocenters. The molecule has 0 bridgehead atoms. The number of hydrogen-bond acceptors (Lipinski definition) is 4. The van der Waals surface area contributed by atoms with Crippen LogP contribution in [0.4, 0.5) is 5.69 Å². The van der Waals surface area contributed by atoms with Crippen molar-refractivity contribution in [1.82, 2.24) is 0 Å². The molecule has 0 heterocycles. The van der Waals surface area contributed by atoms with Crippen LogP contribution >= 0.6 is 0 Å². The molecule has 0 saturated heterocycles. The fraction of sp³-hybridized carbons (Fsp3) is 0.222. The molecular formula is C9H12N2O3. The minimum absolute atomic E-state index is 0.321. The number of amides is 1. The van der Waals surface area contributed by atoms with Gasteiger partial charge in [0.2, 0.25) is 5.91 Å². The second-order valence-corrected chi connectivity index (χ2v) is 2.82. The van der Waals surface area contributed by atoms with Gasteiger partial charge in [-0.1, -0.05) is 6.07 Å². The minimum Gasteiger partial charge on any atom is -0.366 e. The molecule has 1 amide bonds. The van der Waals surface area contributed by atoms with Crippen LogP contribution < -0.4 is 11.0 Å². The second-order valence-electron chi connectivity index (χ2n) is 2.82. The minimum atomic E-state index is -0.546. The molecule has 0 saturated carbocycles. The summed E-state index contributed by atoms with van der Waals surface area (Å²) >= 11 is 0. The van der Waals surface area contributed by atoms with Crippen LogP contribution in [0.15, 0.2) is 18.2 Å². The Morgan fingerprint density at radius 3 is 2.71 bits per heavy atom. The van der Waals surface area contributed by atoms with Crippen molar-refractivity contribution in [3.63, 3.8) is 0 Å². The predicted octanol–water partition coefficient (Wildman–Crippen LogP) is 0.851. The maximum atomic E-state index is 10.9. The van der Waals surface area contributed by atoms with Crippen LogP contribution in [0.25, 0.3) is 0 Å². The molecule has 1 rings (SSSR count). The molecule has 76 valence electrons. The smallest absolute Gasteiger partial charge is 0.248 e. The van der Waals surface area contributed by atoms with Crippen LogP contribution in [-0.4, -0.2) is 18.2 Å². The van der Waals surface area contributed by atoms with E-state index in [0.29, 0.717) is 16.5 Å². The molecule has 5 heteroatoms. The predicted molar refractivity (Wildman–Crippen MR) is 51.0 cm³/mol. The first-order valence-corrected chi connectivity index (χ1v) is 4.00. The van der Waals surface area contributed by atoms with Gasteiger partial charge in [-0.25, -0.2) is 0 Å². The van der Waals surface area contributed by atoms with Gasteiger partial charge in [0.25, 0.3) is 0 Å². The molecule has 0 unspecified atom stereocenters. The summed E-state index contributed by atoms with van der Waals surface area (Å²) in [5.41, 5.74) is 6.59. The first kappa shape index (κ1) is 10.5. The summed E-state index contributed by atoms with van der Waals surface area (Å²) in [5, 5.41) is 9.86. The number of anilines is 1. The van der Waals surface area contributed by atoms with Crippen molar-refractivity contribution in [3.8, 4) is 0 Å². The molecule has 0 radical (unpaired) electrons. The number of carbonyl (C=O) groups excluding carboxylic acids is 1. The van der Waals surface area contributed by atoms with Gasteiger partial charge in [0.15, 0.2) is 0 Å². The van der Waals surface area contributed by atoms with E-state index in [1.54, 1.807) is 19.1 Å². The van der Waals surface area contributed by atoms with Crippen molar-refractivity contribution in [3.05, 3.63) is 29.3 Å². The Bertz CT molecular complexity index is 352. The summed E-state index contributed by atoms with van der Waals surface area (Å²) in [6.07, 6.45) is 0. The topological polar surface area (TPSA) is 75.8 Å². The Morgan fingerprint density at radius 2 is 2.21 bits per heavy atom. The van der Waals surface area contributed by atoms with Crippen LogP contribution in [0.2, 0.25) is 0 Å². The summed E-state index contributed by atoms with van der Waals surface area (Å²) in [4.78, 5) is 15.4. The Balaban J connectivity index is 3.14. The lowest BCUT2D eigenvalue weighted by atomic mass is 10.1. The summed E-state index contributed by atoms with van der Waals surface area (Å²) < 4.78 is 0. The molecule has 0 aliphatic carbocycles. The zero-order chi connectivity index (χ0) is 10.7. The van der Waals surface area contributed by atoms with Gasteiger partial charge in [-0.15, -0.1) is 5.23 Å². The Morgan fingerprint density at radius 1 is 1.57 bits per heavy atom. The van der Waals surface area contributed by atoms with Crippen molar-refractivity contribution in [1.29, 1.82) is 0 Å². The average molecular weight is 196 g/mol.